The first kappa shape index (κ1) is 88.4. The van der Waals surface area contributed by atoms with Gasteiger partial charge in [0.1, 0.15) is 29.1 Å². The maximum Gasteiger partial charge on any atom is 0.326 e. The number of unbranched alkanes of at least 4 members (excludes halogenated alkanes) is 17. The molecule has 0 bridgehead atoms. The highest BCUT2D eigenvalue weighted by Crippen LogP contribution is 2.31. The molecule has 0 radical (unpaired) electrons. The summed E-state index contributed by atoms with van der Waals surface area (Å²) in [5, 5.41) is 63.9. The number of benzene rings is 1. The molecule has 23 heteroatoms. The molecule has 1 aliphatic rings. The molecular formula is C74H124N6O17. The van der Waals surface area contributed by atoms with Crippen LogP contribution in [0.3, 0.4) is 0 Å². The van der Waals surface area contributed by atoms with E-state index in [4.69, 9.17) is 5.11 Å². The average molecular weight is 1370 g/mol. The van der Waals surface area contributed by atoms with E-state index in [0.717, 1.165) is 69.8 Å². The molecule has 1 fully saturated rings. The van der Waals surface area contributed by atoms with Crippen LogP contribution in [0, 0.1) is 23.7 Å². The number of rotatable bonds is 59. The number of hydrogen-bond acceptors (Lipinski definition) is 15. The maximum atomic E-state index is 13.4. The Morgan fingerprint density at radius 2 is 1.02 bits per heavy atom. The lowest BCUT2D eigenvalue weighted by Gasteiger charge is -2.28. The van der Waals surface area contributed by atoms with Crippen molar-refractivity contribution in [2.24, 2.45) is 23.7 Å². The highest BCUT2D eigenvalue weighted by molar-refractivity contribution is 5.89. The predicted molar refractivity (Wildman–Crippen MR) is 374 cm³/mol. The van der Waals surface area contributed by atoms with Crippen LogP contribution in [-0.2, 0) is 64.0 Å². The number of amides is 4. The average Bonchev–Trinajstić information content (AvgIpc) is 0.925. The summed E-state index contributed by atoms with van der Waals surface area (Å²) in [5.74, 6) is -6.54. The number of aromatic hydroxyl groups is 1. The van der Waals surface area contributed by atoms with Gasteiger partial charge in [-0.15, -0.1) is 0 Å². The zero-order chi connectivity index (χ0) is 72.2. The number of Topliss-reactive ketones (excluding diaryl/α,β-unsaturated/α-hetero) is 4. The van der Waals surface area contributed by atoms with Gasteiger partial charge in [-0.05, 0) is 126 Å². The number of carboxylic acids is 4. The fourth-order valence-corrected chi connectivity index (χ4v) is 12.1. The van der Waals surface area contributed by atoms with Crippen molar-refractivity contribution in [2.75, 3.05) is 26.2 Å². The van der Waals surface area contributed by atoms with E-state index in [-0.39, 0.29) is 117 Å². The smallest absolute Gasteiger partial charge is 0.326 e. The second kappa shape index (κ2) is 55.3. The zero-order valence-electron chi connectivity index (χ0n) is 59.5. The largest absolute Gasteiger partial charge is 0.508 e. The van der Waals surface area contributed by atoms with Gasteiger partial charge in [0.25, 0.3) is 0 Å². The Hall–Kier alpha value is -6.62. The van der Waals surface area contributed by atoms with E-state index in [2.05, 4.69) is 31.9 Å². The van der Waals surface area contributed by atoms with Gasteiger partial charge in [-0.3, -0.25) is 52.7 Å². The third kappa shape index (κ3) is 45.6. The van der Waals surface area contributed by atoms with Crippen LogP contribution in [0.5, 0.6) is 5.75 Å². The van der Waals surface area contributed by atoms with Gasteiger partial charge in [0.15, 0.2) is 5.78 Å². The summed E-state index contributed by atoms with van der Waals surface area (Å²) >= 11 is 0. The molecule has 11 N–H and O–H groups in total. The molecule has 552 valence electrons. The summed E-state index contributed by atoms with van der Waals surface area (Å²) in [7, 11) is 0. The number of carboxylic acid groups (broad SMARTS) is 4. The second-order valence-corrected chi connectivity index (χ2v) is 26.6. The second-order valence-electron chi connectivity index (χ2n) is 26.6. The number of phenols is 1. The molecule has 0 aromatic heterocycles. The van der Waals surface area contributed by atoms with E-state index in [1.165, 1.54) is 84.0 Å². The molecule has 4 amide bonds. The Labute approximate surface area is 577 Å². The molecular weight excluding hydrogens is 1240 g/mol. The highest BCUT2D eigenvalue weighted by Gasteiger charge is 2.30. The van der Waals surface area contributed by atoms with Crippen molar-refractivity contribution in [3.05, 3.63) is 29.8 Å². The Bertz CT molecular complexity index is 2470. The minimum atomic E-state index is -1.29. The van der Waals surface area contributed by atoms with Crippen molar-refractivity contribution in [3.63, 3.8) is 0 Å². The number of hydrogen-bond donors (Lipinski definition) is 11. The third-order valence-electron chi connectivity index (χ3n) is 18.4. The lowest BCUT2D eigenvalue weighted by Crippen LogP contribution is -2.47. The normalized spacial score (nSPS) is 15.4. The summed E-state index contributed by atoms with van der Waals surface area (Å²) in [5.41, 5.74) is 0.960. The van der Waals surface area contributed by atoms with Gasteiger partial charge in [-0.1, -0.05) is 143 Å². The molecule has 1 aliphatic carbocycles. The van der Waals surface area contributed by atoms with Crippen LogP contribution in [0.1, 0.15) is 284 Å². The molecule has 0 unspecified atom stereocenters. The van der Waals surface area contributed by atoms with Crippen molar-refractivity contribution in [2.45, 2.75) is 309 Å². The molecule has 23 nitrogen and oxygen atoms in total. The standard InChI is InChI=1S/C41H65N5O11.C33H59NO6/c1-5-8-11-34(42-23-21-30(45-27(4)47)24-28-13-16-31(48)17-14-28)37(51)26-44-33(36(50)6-2)12-9-10-22-43-39(53)20-15-29(40(54)55)25-32(49)18-19-35(41(56)57)46-38(52)7-3;1-2-28(33(39)40)25-30(35)29-23-21-27(22-24-29)26-34-31(36)19-17-15-13-11-9-7-5-3-4-6-8-10-12-14-16-18-20-32(37)38/h13-14,16-17,29-30,33-35,42,44,48H,5-12,15,18-26H2,1-4H3,(H,43,53)(H,45,47)(H,46,52)(H,54,55)(H,56,57);27-29H,2-26H2,1H3,(H,34,36)(H,37,38)(H,39,40)/t29-,30+,33+,34+,35+;27?,28-,29?/m11/s1. The van der Waals surface area contributed by atoms with E-state index >= 15 is 0 Å². The van der Waals surface area contributed by atoms with Crippen LogP contribution in [0.2, 0.25) is 0 Å². The molecule has 2 rings (SSSR count). The van der Waals surface area contributed by atoms with E-state index in [0.29, 0.717) is 76.8 Å². The first-order chi connectivity index (χ1) is 46.4. The number of carbonyl (C=O) groups is 12. The highest BCUT2D eigenvalue weighted by atomic mass is 16.4. The molecule has 1 aromatic rings. The topological polar surface area (TPSA) is 378 Å². The van der Waals surface area contributed by atoms with Crippen LogP contribution in [0.25, 0.3) is 0 Å². The fourth-order valence-electron chi connectivity index (χ4n) is 12.1. The van der Waals surface area contributed by atoms with Crippen molar-refractivity contribution >= 4 is 70.6 Å². The van der Waals surface area contributed by atoms with Gasteiger partial charge >= 0.3 is 23.9 Å². The summed E-state index contributed by atoms with van der Waals surface area (Å²) in [4.78, 5) is 144. The van der Waals surface area contributed by atoms with Crippen LogP contribution < -0.4 is 31.9 Å². The molecule has 0 heterocycles. The van der Waals surface area contributed by atoms with Gasteiger partial charge in [0, 0.05) is 83.3 Å². The van der Waals surface area contributed by atoms with Crippen molar-refractivity contribution in [3.8, 4) is 5.75 Å². The minimum absolute atomic E-state index is 0.0000353. The van der Waals surface area contributed by atoms with Crippen LogP contribution >= 0.6 is 0 Å². The lowest BCUT2D eigenvalue weighted by atomic mass is 9.78. The Balaban J connectivity index is 0.00000103. The van der Waals surface area contributed by atoms with Gasteiger partial charge in [-0.2, -0.15) is 0 Å². The minimum Gasteiger partial charge on any atom is -0.508 e. The molecule has 97 heavy (non-hydrogen) atoms. The number of phenolic OH excluding ortho intramolecular Hbond substituents is 1. The number of aliphatic carboxylic acids is 4. The molecule has 1 aromatic carbocycles. The van der Waals surface area contributed by atoms with Crippen molar-refractivity contribution in [1.82, 2.24) is 31.9 Å². The summed E-state index contributed by atoms with van der Waals surface area (Å²) < 4.78 is 0. The van der Waals surface area contributed by atoms with E-state index < -0.39 is 65.5 Å². The van der Waals surface area contributed by atoms with Crippen LogP contribution in [-0.4, -0.2) is 147 Å². The Morgan fingerprint density at radius 3 is 1.54 bits per heavy atom. The van der Waals surface area contributed by atoms with Gasteiger partial charge < -0.3 is 57.4 Å². The first-order valence-electron chi connectivity index (χ1n) is 36.8. The van der Waals surface area contributed by atoms with Crippen LogP contribution in [0.4, 0.5) is 0 Å². The van der Waals surface area contributed by atoms with Crippen molar-refractivity contribution in [1.29, 1.82) is 0 Å². The molecule has 0 spiro atoms. The SMILES string of the molecule is CCCC[C@H](NCC[C@@H](Cc1ccc(O)cc1)NC(C)=O)C(=O)CN[C@@H](CCCCNC(=O)CC[C@H](CC(=O)CC[C@H](NC(=O)CC)C(=O)O)C(=O)O)C(=O)CC.CC[C@H](CC(=O)C1CCC(CNC(=O)CCCCCCCCCCCCCCCCCCC(=O)O)CC1)C(=O)O. The quantitative estimate of drug-likeness (QED) is 0.0270. The summed E-state index contributed by atoms with van der Waals surface area (Å²) in [6.45, 7) is 10.1. The number of carbonyl (C=O) groups excluding carboxylic acids is 8. The predicted octanol–water partition coefficient (Wildman–Crippen LogP) is 11.1. The summed E-state index contributed by atoms with van der Waals surface area (Å²) in [6, 6.07) is 4.40. The van der Waals surface area contributed by atoms with Gasteiger partial charge in [0.05, 0.1) is 30.5 Å². The van der Waals surface area contributed by atoms with Gasteiger partial charge in [-0.25, -0.2) is 4.79 Å². The molecule has 1 saturated carbocycles. The summed E-state index contributed by atoms with van der Waals surface area (Å²) in [6.07, 6.45) is 28.8. The first-order valence-corrected chi connectivity index (χ1v) is 36.8. The van der Waals surface area contributed by atoms with E-state index in [1.54, 1.807) is 38.1 Å². The number of nitrogens with one attached hydrogen (secondary N) is 6. The third-order valence-corrected chi connectivity index (χ3v) is 18.4. The monoisotopic (exact) mass is 1370 g/mol. The maximum absolute atomic E-state index is 13.4. The molecule has 0 saturated heterocycles. The van der Waals surface area contributed by atoms with Gasteiger partial charge in [0.2, 0.25) is 23.6 Å². The lowest BCUT2D eigenvalue weighted by molar-refractivity contribution is -0.145. The molecule has 6 atom stereocenters. The zero-order valence-corrected chi connectivity index (χ0v) is 59.5. The number of ketones is 4. The van der Waals surface area contributed by atoms with Crippen molar-refractivity contribution < 1.29 is 83.1 Å². The Kier molecular flexibility index (Phi) is 50.4. The molecule has 0 aliphatic heterocycles. The van der Waals surface area contributed by atoms with E-state index in [9.17, 15) is 78.0 Å². The van der Waals surface area contributed by atoms with E-state index in [1.807, 2.05) is 13.8 Å². The fraction of sp³-hybridized carbons (Fsp3) is 0.757. The Morgan fingerprint density at radius 1 is 0.474 bits per heavy atom. The van der Waals surface area contributed by atoms with Crippen LogP contribution in [0.15, 0.2) is 24.3 Å².